The van der Waals surface area contributed by atoms with E-state index in [2.05, 4.69) is 24.7 Å². The molecule has 0 N–H and O–H groups in total. The zero-order chi connectivity index (χ0) is 11.0. The highest BCUT2D eigenvalue weighted by Crippen LogP contribution is 2.19. The van der Waals surface area contributed by atoms with Crippen molar-refractivity contribution in [3.8, 4) is 6.07 Å². The van der Waals surface area contributed by atoms with Crippen molar-refractivity contribution < 1.29 is 9.53 Å². The second kappa shape index (κ2) is 7.37. The second-order valence-electron chi connectivity index (χ2n) is 3.74. The SMILES string of the molecule is CCC[C@@H](C)C[C@H](C#N)CC(=O)OC. The maximum atomic E-state index is 10.9. The molecule has 0 aliphatic carbocycles. The van der Waals surface area contributed by atoms with Crippen LogP contribution in [0.15, 0.2) is 0 Å². The van der Waals surface area contributed by atoms with Crippen LogP contribution in [0.3, 0.4) is 0 Å². The summed E-state index contributed by atoms with van der Waals surface area (Å²) in [6.07, 6.45) is 3.25. The van der Waals surface area contributed by atoms with Crippen LogP contribution in [0, 0.1) is 23.2 Å². The van der Waals surface area contributed by atoms with Crippen molar-refractivity contribution in [3.05, 3.63) is 0 Å². The first-order valence-corrected chi connectivity index (χ1v) is 5.10. The van der Waals surface area contributed by atoms with Gasteiger partial charge in [-0.1, -0.05) is 26.7 Å². The van der Waals surface area contributed by atoms with Gasteiger partial charge < -0.3 is 4.74 Å². The molecule has 0 fully saturated rings. The molecule has 0 aromatic heterocycles. The first-order valence-electron chi connectivity index (χ1n) is 5.10. The van der Waals surface area contributed by atoms with Crippen LogP contribution >= 0.6 is 0 Å². The first-order chi connectivity index (χ1) is 6.63. The van der Waals surface area contributed by atoms with Gasteiger partial charge in [0.15, 0.2) is 0 Å². The van der Waals surface area contributed by atoms with Gasteiger partial charge in [0.05, 0.1) is 25.5 Å². The Morgan fingerprint density at radius 3 is 2.64 bits per heavy atom. The van der Waals surface area contributed by atoms with Gasteiger partial charge in [0.2, 0.25) is 0 Å². The van der Waals surface area contributed by atoms with E-state index in [-0.39, 0.29) is 18.3 Å². The summed E-state index contributed by atoms with van der Waals surface area (Å²) in [5, 5.41) is 8.83. The molecule has 0 radical (unpaired) electrons. The lowest BCUT2D eigenvalue weighted by Crippen LogP contribution is -2.11. The summed E-state index contributed by atoms with van der Waals surface area (Å²) in [5.74, 6) is 0.0264. The summed E-state index contributed by atoms with van der Waals surface area (Å²) < 4.78 is 4.53. The Bertz CT molecular complexity index is 208. The minimum absolute atomic E-state index is 0.191. The van der Waals surface area contributed by atoms with E-state index in [4.69, 9.17) is 5.26 Å². The average Bonchev–Trinajstić information content (AvgIpc) is 2.16. The van der Waals surface area contributed by atoms with Crippen molar-refractivity contribution in [1.29, 1.82) is 5.26 Å². The first kappa shape index (κ1) is 13.0. The number of carbonyl (C=O) groups is 1. The van der Waals surface area contributed by atoms with E-state index in [1.54, 1.807) is 0 Å². The Morgan fingerprint density at radius 2 is 2.21 bits per heavy atom. The van der Waals surface area contributed by atoms with Crippen LogP contribution in [-0.4, -0.2) is 13.1 Å². The van der Waals surface area contributed by atoms with Gasteiger partial charge >= 0.3 is 5.97 Å². The van der Waals surface area contributed by atoms with E-state index < -0.39 is 0 Å². The number of ether oxygens (including phenoxy) is 1. The predicted octanol–water partition coefficient (Wildman–Crippen LogP) is 2.52. The van der Waals surface area contributed by atoms with Crippen molar-refractivity contribution in [2.45, 2.75) is 39.5 Å². The highest BCUT2D eigenvalue weighted by atomic mass is 16.5. The van der Waals surface area contributed by atoms with Crippen molar-refractivity contribution >= 4 is 5.97 Å². The minimum atomic E-state index is -0.291. The van der Waals surface area contributed by atoms with Gasteiger partial charge in [0.25, 0.3) is 0 Å². The van der Waals surface area contributed by atoms with Gasteiger partial charge in [0.1, 0.15) is 0 Å². The normalized spacial score (nSPS) is 14.1. The molecule has 3 nitrogen and oxygen atoms in total. The smallest absolute Gasteiger partial charge is 0.306 e. The van der Waals surface area contributed by atoms with E-state index >= 15 is 0 Å². The summed E-state index contributed by atoms with van der Waals surface area (Å²) in [6.45, 7) is 4.24. The molecule has 0 rings (SSSR count). The molecule has 0 aromatic rings. The molecule has 80 valence electrons. The highest BCUT2D eigenvalue weighted by Gasteiger charge is 2.16. The third-order valence-corrected chi connectivity index (χ3v) is 2.29. The van der Waals surface area contributed by atoms with Crippen molar-refractivity contribution in [2.24, 2.45) is 11.8 Å². The number of rotatable bonds is 6. The molecule has 0 saturated heterocycles. The molecular weight excluding hydrogens is 178 g/mol. The monoisotopic (exact) mass is 197 g/mol. The van der Waals surface area contributed by atoms with Gasteiger partial charge in [-0.25, -0.2) is 0 Å². The number of methoxy groups -OCH3 is 1. The fraction of sp³-hybridized carbons (Fsp3) is 0.818. The number of nitriles is 1. The average molecular weight is 197 g/mol. The van der Waals surface area contributed by atoms with Crippen LogP contribution in [0.25, 0.3) is 0 Å². The maximum absolute atomic E-state index is 10.9. The summed E-state index contributed by atoms with van der Waals surface area (Å²) in [4.78, 5) is 10.9. The van der Waals surface area contributed by atoms with Gasteiger partial charge in [-0.15, -0.1) is 0 Å². The van der Waals surface area contributed by atoms with Crippen LogP contribution < -0.4 is 0 Å². The largest absolute Gasteiger partial charge is 0.469 e. The Kier molecular flexibility index (Phi) is 6.82. The molecular formula is C11H19NO2. The number of nitrogens with zero attached hydrogens (tertiary/aromatic N) is 1. The third kappa shape index (κ3) is 5.58. The van der Waals surface area contributed by atoms with E-state index in [0.717, 1.165) is 19.3 Å². The summed E-state index contributed by atoms with van der Waals surface area (Å²) >= 11 is 0. The minimum Gasteiger partial charge on any atom is -0.469 e. The van der Waals surface area contributed by atoms with E-state index in [0.29, 0.717) is 5.92 Å². The molecule has 0 aromatic carbocycles. The van der Waals surface area contributed by atoms with Crippen LogP contribution in [0.2, 0.25) is 0 Å². The molecule has 0 saturated carbocycles. The highest BCUT2D eigenvalue weighted by molar-refractivity contribution is 5.69. The Morgan fingerprint density at radius 1 is 1.57 bits per heavy atom. The van der Waals surface area contributed by atoms with Crippen LogP contribution in [0.1, 0.15) is 39.5 Å². The number of hydrogen-bond acceptors (Lipinski definition) is 3. The molecule has 0 aliphatic heterocycles. The third-order valence-electron chi connectivity index (χ3n) is 2.29. The van der Waals surface area contributed by atoms with Crippen LogP contribution in [-0.2, 0) is 9.53 Å². The zero-order valence-corrected chi connectivity index (χ0v) is 9.25. The lowest BCUT2D eigenvalue weighted by atomic mass is 9.91. The zero-order valence-electron chi connectivity index (χ0n) is 9.25. The van der Waals surface area contributed by atoms with Gasteiger partial charge in [-0.2, -0.15) is 5.26 Å². The molecule has 0 unspecified atom stereocenters. The van der Waals surface area contributed by atoms with Crippen molar-refractivity contribution in [1.82, 2.24) is 0 Å². The molecule has 2 atom stereocenters. The number of hydrogen-bond donors (Lipinski definition) is 0. The molecule has 0 spiro atoms. The van der Waals surface area contributed by atoms with E-state index in [9.17, 15) is 4.79 Å². The Hall–Kier alpha value is -1.04. The topological polar surface area (TPSA) is 50.1 Å². The summed E-state index contributed by atoms with van der Waals surface area (Å²) in [5.41, 5.74) is 0. The lowest BCUT2D eigenvalue weighted by Gasteiger charge is -2.13. The molecule has 0 amide bonds. The van der Waals surface area contributed by atoms with Gasteiger partial charge in [-0.3, -0.25) is 4.79 Å². The Balaban J connectivity index is 3.91. The maximum Gasteiger partial charge on any atom is 0.306 e. The fourth-order valence-electron chi connectivity index (χ4n) is 1.56. The predicted molar refractivity (Wildman–Crippen MR) is 54.4 cm³/mol. The van der Waals surface area contributed by atoms with E-state index in [1.807, 2.05) is 0 Å². The standard InChI is InChI=1S/C11H19NO2/c1-4-5-9(2)6-10(8-12)7-11(13)14-3/h9-10H,4-7H2,1-3H3/t9-,10+/m1/s1. The Labute approximate surface area is 86.1 Å². The number of esters is 1. The van der Waals surface area contributed by atoms with Crippen molar-refractivity contribution in [2.75, 3.05) is 7.11 Å². The molecule has 3 heteroatoms. The fourth-order valence-corrected chi connectivity index (χ4v) is 1.56. The van der Waals surface area contributed by atoms with Crippen LogP contribution in [0.4, 0.5) is 0 Å². The number of carbonyl (C=O) groups excluding carboxylic acids is 1. The second-order valence-corrected chi connectivity index (χ2v) is 3.74. The quantitative estimate of drug-likeness (QED) is 0.615. The summed E-state index contributed by atoms with van der Waals surface area (Å²) in [6, 6.07) is 2.16. The van der Waals surface area contributed by atoms with E-state index in [1.165, 1.54) is 7.11 Å². The lowest BCUT2D eigenvalue weighted by molar-refractivity contribution is -0.141. The molecule has 0 aliphatic rings. The molecule has 0 bridgehead atoms. The molecule has 0 heterocycles. The van der Waals surface area contributed by atoms with Gasteiger partial charge in [0, 0.05) is 0 Å². The summed E-state index contributed by atoms with van der Waals surface area (Å²) in [7, 11) is 1.35. The van der Waals surface area contributed by atoms with Crippen molar-refractivity contribution in [3.63, 3.8) is 0 Å². The molecule has 14 heavy (non-hydrogen) atoms. The van der Waals surface area contributed by atoms with Crippen LogP contribution in [0.5, 0.6) is 0 Å². The van der Waals surface area contributed by atoms with Gasteiger partial charge in [-0.05, 0) is 12.3 Å².